The molecule has 2 aliphatic carbocycles. The van der Waals surface area contributed by atoms with E-state index in [1.807, 2.05) is 57.4 Å². The number of amides is 3. The molecule has 3 saturated heterocycles. The van der Waals surface area contributed by atoms with Crippen molar-refractivity contribution in [3.8, 4) is 35.1 Å². The molecule has 18 heteroatoms. The third-order valence-corrected chi connectivity index (χ3v) is 17.2. The van der Waals surface area contributed by atoms with Gasteiger partial charge in [0.15, 0.2) is 5.82 Å². The highest BCUT2D eigenvalue weighted by atomic mass is 16.5. The van der Waals surface area contributed by atoms with Crippen LogP contribution in [0.5, 0.6) is 11.5 Å². The van der Waals surface area contributed by atoms with Crippen LogP contribution in [0.1, 0.15) is 108 Å². The van der Waals surface area contributed by atoms with E-state index in [4.69, 9.17) is 25.9 Å². The number of phenolic OH excluding ortho intramolecular Hbond substituents is 1. The average Bonchev–Trinajstić information content (AvgIpc) is 3.85. The zero-order valence-corrected chi connectivity index (χ0v) is 44.5. The molecular weight excluding hydrogens is 963 g/mol. The lowest BCUT2D eigenvalue weighted by Crippen LogP contribution is -2.59. The number of carbonyl (C=O) groups excluding carboxylic acids is 3. The van der Waals surface area contributed by atoms with Gasteiger partial charge >= 0.3 is 0 Å². The number of piperidine rings is 1. The van der Waals surface area contributed by atoms with E-state index in [0.717, 1.165) is 114 Å². The number of hydrogen-bond acceptors (Lipinski definition) is 15. The number of phenols is 1. The maximum absolute atomic E-state index is 14.4. The van der Waals surface area contributed by atoms with Crippen LogP contribution >= 0.6 is 0 Å². The number of aromatic nitrogens is 4. The van der Waals surface area contributed by atoms with Gasteiger partial charge in [0.1, 0.15) is 23.6 Å². The molecule has 2 aromatic carbocycles. The number of likely N-dealkylation sites (tertiary alicyclic amines) is 2. The summed E-state index contributed by atoms with van der Waals surface area (Å²) in [7, 11) is 1.63. The summed E-state index contributed by atoms with van der Waals surface area (Å²) in [5.74, 6) is 4.28. The Balaban J connectivity index is 0.667. The van der Waals surface area contributed by atoms with E-state index in [9.17, 15) is 24.6 Å². The van der Waals surface area contributed by atoms with Crippen LogP contribution in [0.2, 0.25) is 0 Å². The van der Waals surface area contributed by atoms with Crippen LogP contribution in [0.3, 0.4) is 0 Å². The quantitative estimate of drug-likeness (QED) is 0.0737. The number of fused-ring (bicyclic) bond motifs is 3. The van der Waals surface area contributed by atoms with Crippen LogP contribution in [-0.2, 0) is 25.7 Å². The lowest BCUT2D eigenvalue weighted by Gasteiger charge is -2.55. The lowest BCUT2D eigenvalue weighted by molar-refractivity contribution is -0.145. The predicted octanol–water partition coefficient (Wildman–Crippen LogP) is 5.48. The van der Waals surface area contributed by atoms with Crippen molar-refractivity contribution in [2.45, 2.75) is 128 Å². The van der Waals surface area contributed by atoms with Crippen molar-refractivity contribution in [3.63, 3.8) is 0 Å². The number of aliphatic hydroxyl groups is 1. The fourth-order valence-electron chi connectivity index (χ4n) is 12.7. The largest absolute Gasteiger partial charge is 0.507 e. The molecule has 10 rings (SSSR count). The van der Waals surface area contributed by atoms with Gasteiger partial charge in [-0.15, -0.1) is 16.6 Å². The topological polar surface area (TPSA) is 211 Å². The molecule has 0 radical (unpaired) electrons. The van der Waals surface area contributed by atoms with Crippen molar-refractivity contribution in [1.82, 2.24) is 40.6 Å². The third kappa shape index (κ3) is 11.4. The Hall–Kier alpha value is -6.55. The average molecular weight is 1040 g/mol. The minimum Gasteiger partial charge on any atom is -0.507 e. The molecule has 3 amide bonds. The molecule has 6 aliphatic rings. The van der Waals surface area contributed by atoms with Crippen LogP contribution in [0.4, 0.5) is 17.5 Å². The number of methoxy groups -OCH3 is 1. The monoisotopic (exact) mass is 1040 g/mol. The van der Waals surface area contributed by atoms with Crippen LogP contribution in [0.15, 0.2) is 60.9 Å². The fourth-order valence-corrected chi connectivity index (χ4v) is 12.7. The van der Waals surface area contributed by atoms with Crippen molar-refractivity contribution < 1.29 is 34.1 Å². The number of piperazine rings is 1. The van der Waals surface area contributed by atoms with E-state index < -0.39 is 23.6 Å². The van der Waals surface area contributed by atoms with E-state index in [1.54, 1.807) is 31.4 Å². The van der Waals surface area contributed by atoms with Gasteiger partial charge in [0.05, 0.1) is 30.1 Å². The summed E-state index contributed by atoms with van der Waals surface area (Å²) in [5.41, 5.74) is 4.52. The Labute approximate surface area is 446 Å². The van der Waals surface area contributed by atoms with E-state index in [1.165, 1.54) is 10.5 Å². The molecule has 6 heterocycles. The number of β-amino-alcohol motifs (C(OH)–C–C–N with tert-alkyl or cyclic N) is 1. The summed E-state index contributed by atoms with van der Waals surface area (Å²) < 4.78 is 11.1. The molecule has 404 valence electrons. The maximum atomic E-state index is 14.4. The Morgan fingerprint density at radius 3 is 2.42 bits per heavy atom. The molecule has 0 bridgehead atoms. The number of nitrogens with one attached hydrogen (secondary N) is 3. The molecule has 4 atom stereocenters. The molecule has 5 fully saturated rings. The zero-order chi connectivity index (χ0) is 53.1. The molecule has 2 saturated carbocycles. The minimum absolute atomic E-state index is 0.00783. The highest BCUT2D eigenvalue weighted by molar-refractivity contribution is 5.93. The number of hydrogen-bond donors (Lipinski definition) is 5. The number of para-hydroxylation sites is 1. The number of anilines is 3. The number of terminal acetylenes is 1. The second kappa shape index (κ2) is 22.6. The first-order valence-corrected chi connectivity index (χ1v) is 27.4. The van der Waals surface area contributed by atoms with Crippen LogP contribution < -0.4 is 30.5 Å². The standard InChI is InChI=1S/C58H75N11O7/c1-6-37-12-13-40(50(26-37)76-25-9-24-75-5)31-60-54(73)48-27-44(70)36-69(48)55(74)51(57(2,3)4)63-53(72)39-14-18-58(19-15-39)29-42(30-58)66-20-16-38(17-21-66)41-32-61-56(62-33-41)67-22-23-68-43(35-67)34-59-52-47(68)28-46(64-65-52)45-10-7-8-11-49(45)71/h1,7-8,10-13,26,28,32-33,38-39,42-44,48,51,70-71H,9,14-25,27,29-31,34-36H2,2-5H3,(H,59,65)(H,60,73)(H,63,72)/t39?,42?,43-,44+,48-,51+,58?/m0/s1. The highest BCUT2D eigenvalue weighted by Gasteiger charge is 2.50. The molecule has 2 aromatic heterocycles. The smallest absolute Gasteiger partial charge is 0.246 e. The predicted molar refractivity (Wildman–Crippen MR) is 290 cm³/mol. The van der Waals surface area contributed by atoms with Gasteiger partial charge in [-0.3, -0.25) is 14.4 Å². The van der Waals surface area contributed by atoms with E-state index in [-0.39, 0.29) is 60.4 Å². The van der Waals surface area contributed by atoms with Gasteiger partial charge in [0.2, 0.25) is 23.7 Å². The van der Waals surface area contributed by atoms with Gasteiger partial charge in [-0.25, -0.2) is 9.97 Å². The number of aromatic hydroxyl groups is 1. The zero-order valence-electron chi connectivity index (χ0n) is 44.5. The van der Waals surface area contributed by atoms with E-state index in [0.29, 0.717) is 54.2 Å². The first kappa shape index (κ1) is 52.9. The fraction of sp³-hybridized carbons (Fsp3) is 0.569. The summed E-state index contributed by atoms with van der Waals surface area (Å²) >= 11 is 0. The van der Waals surface area contributed by atoms with Gasteiger partial charge in [-0.2, -0.15) is 0 Å². The second-order valence-electron chi connectivity index (χ2n) is 23.2. The molecule has 0 unspecified atom stereocenters. The summed E-state index contributed by atoms with van der Waals surface area (Å²) in [4.78, 5) is 60.9. The first-order valence-electron chi connectivity index (χ1n) is 27.4. The molecule has 4 aliphatic heterocycles. The molecule has 1 spiro atoms. The molecule has 4 aromatic rings. The number of rotatable bonds is 15. The van der Waals surface area contributed by atoms with Crippen LogP contribution in [0.25, 0.3) is 11.3 Å². The SMILES string of the molecule is C#Cc1ccc(CNC(=O)[C@@H]2C[C@@H](O)CN2C(=O)[C@@H](NC(=O)C2CCC3(CC2)CC(N2CCC(c4cnc(N5CCN6c7cc(-c8ccccc8O)nnc7NC[C@H]6C5)nc4)CC2)C3)C(C)(C)C)c(OCCCOC)c1. The van der Waals surface area contributed by atoms with Crippen molar-refractivity contribution in [2.75, 3.05) is 81.3 Å². The van der Waals surface area contributed by atoms with Gasteiger partial charge in [-0.1, -0.05) is 44.9 Å². The van der Waals surface area contributed by atoms with Crippen LogP contribution in [0, 0.1) is 29.1 Å². The Morgan fingerprint density at radius 1 is 0.934 bits per heavy atom. The normalized spacial score (nSPS) is 25.1. The van der Waals surface area contributed by atoms with E-state index >= 15 is 0 Å². The molecule has 76 heavy (non-hydrogen) atoms. The molecule has 18 nitrogen and oxygen atoms in total. The van der Waals surface area contributed by atoms with E-state index in [2.05, 4.69) is 46.8 Å². The summed E-state index contributed by atoms with van der Waals surface area (Å²) in [6.07, 6.45) is 17.7. The highest BCUT2D eigenvalue weighted by Crippen LogP contribution is 2.55. The van der Waals surface area contributed by atoms with Crippen molar-refractivity contribution in [3.05, 3.63) is 77.6 Å². The lowest BCUT2D eigenvalue weighted by atomic mass is 9.56. The minimum atomic E-state index is -0.896. The number of aliphatic hydroxyl groups excluding tert-OH is 1. The van der Waals surface area contributed by atoms with Crippen molar-refractivity contribution in [2.24, 2.45) is 16.7 Å². The molecular formula is C58H75N11O7. The first-order chi connectivity index (χ1) is 36.7. The van der Waals surface area contributed by atoms with Gasteiger partial charge in [-0.05, 0) is 117 Å². The summed E-state index contributed by atoms with van der Waals surface area (Å²) in [6, 6.07) is 13.6. The summed E-state index contributed by atoms with van der Waals surface area (Å²) in [6.45, 7) is 12.1. The number of carbonyl (C=O) groups is 3. The Bertz CT molecular complexity index is 2760. The summed E-state index contributed by atoms with van der Waals surface area (Å²) in [5, 5.41) is 39.7. The number of ether oxygens (including phenoxy) is 2. The maximum Gasteiger partial charge on any atom is 0.246 e. The number of nitrogens with zero attached hydrogens (tertiary/aromatic N) is 8. The third-order valence-electron chi connectivity index (χ3n) is 17.2. The Morgan fingerprint density at radius 2 is 1.70 bits per heavy atom. The van der Waals surface area contributed by atoms with Gasteiger partial charge in [0.25, 0.3) is 0 Å². The van der Waals surface area contributed by atoms with Crippen molar-refractivity contribution >= 4 is 35.2 Å². The molecule has 5 N–H and O–H groups in total. The second-order valence-corrected chi connectivity index (χ2v) is 23.2. The van der Waals surface area contributed by atoms with Gasteiger partial charge < -0.3 is 55.2 Å². The van der Waals surface area contributed by atoms with Gasteiger partial charge in [0, 0.05) is 107 Å². The Kier molecular flexibility index (Phi) is 15.7. The number of benzene rings is 2. The van der Waals surface area contributed by atoms with Crippen LogP contribution in [-0.4, -0.2) is 154 Å². The van der Waals surface area contributed by atoms with Crippen molar-refractivity contribution in [1.29, 1.82) is 0 Å².